The first-order valence-electron chi connectivity index (χ1n) is 9.04. The van der Waals surface area contributed by atoms with E-state index >= 15 is 0 Å². The van der Waals surface area contributed by atoms with Crippen molar-refractivity contribution in [3.05, 3.63) is 48.4 Å². The molecule has 0 aliphatic carbocycles. The number of benzene rings is 1. The van der Waals surface area contributed by atoms with E-state index in [1.807, 2.05) is 0 Å². The Labute approximate surface area is 164 Å². The molecule has 3 rings (SSSR count). The summed E-state index contributed by atoms with van der Waals surface area (Å²) in [5.74, 6) is -0.169. The van der Waals surface area contributed by atoms with Crippen molar-refractivity contribution in [1.82, 2.24) is 9.62 Å². The summed E-state index contributed by atoms with van der Waals surface area (Å²) < 4.78 is 32.4. The van der Waals surface area contributed by atoms with Gasteiger partial charge >= 0.3 is 0 Å². The Kier molecular flexibility index (Phi) is 6.15. The lowest BCUT2D eigenvalue weighted by Crippen LogP contribution is -2.45. The summed E-state index contributed by atoms with van der Waals surface area (Å²) in [6.45, 7) is 2.17. The van der Waals surface area contributed by atoms with Crippen molar-refractivity contribution in [1.29, 1.82) is 0 Å². The molecule has 1 atom stereocenters. The van der Waals surface area contributed by atoms with Crippen LogP contribution in [-0.2, 0) is 26.2 Å². The maximum Gasteiger partial charge on any atom is 0.243 e. The molecule has 2 N–H and O–H groups in total. The van der Waals surface area contributed by atoms with Crippen LogP contribution in [0.1, 0.15) is 25.5 Å². The second kappa shape index (κ2) is 8.57. The number of rotatable bonds is 6. The Morgan fingerprint density at radius 2 is 1.96 bits per heavy atom. The van der Waals surface area contributed by atoms with E-state index in [9.17, 15) is 18.0 Å². The molecule has 1 aromatic carbocycles. The van der Waals surface area contributed by atoms with Gasteiger partial charge < -0.3 is 15.1 Å². The van der Waals surface area contributed by atoms with Gasteiger partial charge in [-0.2, -0.15) is 4.31 Å². The van der Waals surface area contributed by atoms with Crippen molar-refractivity contribution < 1.29 is 22.4 Å². The predicted octanol–water partition coefficient (Wildman–Crippen LogP) is 1.96. The second-order valence-corrected chi connectivity index (χ2v) is 8.64. The highest BCUT2D eigenvalue weighted by Crippen LogP contribution is 2.25. The molecule has 9 heteroatoms. The van der Waals surface area contributed by atoms with Crippen molar-refractivity contribution in [3.63, 3.8) is 0 Å². The van der Waals surface area contributed by atoms with Gasteiger partial charge in [-0.05, 0) is 49.2 Å². The number of carbonyl (C=O) groups excluding carboxylic acids is 2. The molecule has 150 valence electrons. The first-order valence-corrected chi connectivity index (χ1v) is 10.5. The number of carbonyl (C=O) groups is 2. The monoisotopic (exact) mass is 405 g/mol. The molecule has 0 spiro atoms. The number of nitrogens with one attached hydrogen (secondary N) is 2. The molecule has 1 aromatic heterocycles. The molecule has 1 aliphatic rings. The third-order valence-electron chi connectivity index (χ3n) is 4.58. The Morgan fingerprint density at radius 3 is 2.61 bits per heavy atom. The SMILES string of the molecule is CC(=O)Nc1ccc(S(=O)(=O)N2CCC[C@H](C(=O)NCc3ccco3)C2)cc1. The molecule has 1 aliphatic heterocycles. The topological polar surface area (TPSA) is 109 Å². The lowest BCUT2D eigenvalue weighted by Gasteiger charge is -2.31. The fourth-order valence-corrected chi connectivity index (χ4v) is 4.69. The van der Waals surface area contributed by atoms with E-state index in [0.29, 0.717) is 30.8 Å². The molecule has 8 nitrogen and oxygen atoms in total. The van der Waals surface area contributed by atoms with Crippen LogP contribution >= 0.6 is 0 Å². The van der Waals surface area contributed by atoms with Gasteiger partial charge in [0.25, 0.3) is 0 Å². The van der Waals surface area contributed by atoms with Crippen molar-refractivity contribution in [2.75, 3.05) is 18.4 Å². The van der Waals surface area contributed by atoms with Crippen LogP contribution in [0, 0.1) is 5.92 Å². The second-order valence-electron chi connectivity index (χ2n) is 6.70. The van der Waals surface area contributed by atoms with E-state index in [1.54, 1.807) is 24.3 Å². The minimum absolute atomic E-state index is 0.137. The summed E-state index contributed by atoms with van der Waals surface area (Å²) in [6.07, 6.45) is 2.78. The Hall–Kier alpha value is -2.65. The van der Waals surface area contributed by atoms with Crippen molar-refractivity contribution in [3.8, 4) is 0 Å². The van der Waals surface area contributed by atoms with Crippen LogP contribution in [0.4, 0.5) is 5.69 Å². The number of furan rings is 1. The molecule has 0 saturated carbocycles. The molecule has 28 heavy (non-hydrogen) atoms. The van der Waals surface area contributed by atoms with E-state index in [-0.39, 0.29) is 29.8 Å². The Morgan fingerprint density at radius 1 is 1.21 bits per heavy atom. The number of sulfonamides is 1. The fraction of sp³-hybridized carbons (Fsp3) is 0.368. The van der Waals surface area contributed by atoms with Crippen molar-refractivity contribution in [2.45, 2.75) is 31.2 Å². The maximum atomic E-state index is 12.9. The summed E-state index contributed by atoms with van der Waals surface area (Å²) in [7, 11) is -3.71. The van der Waals surface area contributed by atoms with Crippen LogP contribution < -0.4 is 10.6 Å². The molecule has 2 aromatic rings. The summed E-state index contributed by atoms with van der Waals surface area (Å²) >= 11 is 0. The quantitative estimate of drug-likeness (QED) is 0.764. The zero-order valence-electron chi connectivity index (χ0n) is 15.6. The average Bonchev–Trinajstić information content (AvgIpc) is 3.20. The summed E-state index contributed by atoms with van der Waals surface area (Å²) in [5, 5.41) is 5.40. The Bertz CT molecular complexity index is 923. The van der Waals surface area contributed by atoms with Crippen LogP contribution in [0.25, 0.3) is 0 Å². The third kappa shape index (κ3) is 4.79. The highest BCUT2D eigenvalue weighted by molar-refractivity contribution is 7.89. The number of piperidine rings is 1. The highest BCUT2D eigenvalue weighted by atomic mass is 32.2. The number of hydrogen-bond donors (Lipinski definition) is 2. The van der Waals surface area contributed by atoms with E-state index in [1.165, 1.54) is 29.6 Å². The van der Waals surface area contributed by atoms with Crippen LogP contribution in [0.3, 0.4) is 0 Å². The van der Waals surface area contributed by atoms with Crippen LogP contribution in [-0.4, -0.2) is 37.6 Å². The van der Waals surface area contributed by atoms with Crippen LogP contribution in [0.5, 0.6) is 0 Å². The van der Waals surface area contributed by atoms with Crippen molar-refractivity contribution in [2.24, 2.45) is 5.92 Å². The smallest absolute Gasteiger partial charge is 0.243 e. The van der Waals surface area contributed by atoms with E-state index in [4.69, 9.17) is 4.42 Å². The van der Waals surface area contributed by atoms with Crippen molar-refractivity contribution >= 4 is 27.5 Å². The van der Waals surface area contributed by atoms with Gasteiger partial charge in [-0.15, -0.1) is 0 Å². The lowest BCUT2D eigenvalue weighted by atomic mass is 9.99. The van der Waals surface area contributed by atoms with Gasteiger partial charge in [-0.25, -0.2) is 8.42 Å². The van der Waals surface area contributed by atoms with Gasteiger partial charge in [0.15, 0.2) is 0 Å². The van der Waals surface area contributed by atoms with Gasteiger partial charge in [0, 0.05) is 25.7 Å². The molecule has 1 saturated heterocycles. The number of hydrogen-bond acceptors (Lipinski definition) is 5. The van der Waals surface area contributed by atoms with Gasteiger partial charge in [-0.1, -0.05) is 0 Å². The van der Waals surface area contributed by atoms with E-state index < -0.39 is 15.9 Å². The zero-order valence-corrected chi connectivity index (χ0v) is 16.4. The van der Waals surface area contributed by atoms with E-state index in [2.05, 4.69) is 10.6 Å². The molecular weight excluding hydrogens is 382 g/mol. The molecule has 0 unspecified atom stereocenters. The summed E-state index contributed by atoms with van der Waals surface area (Å²) in [6, 6.07) is 9.52. The Balaban J connectivity index is 1.64. The highest BCUT2D eigenvalue weighted by Gasteiger charge is 2.33. The average molecular weight is 405 g/mol. The first kappa shape index (κ1) is 20.1. The van der Waals surface area contributed by atoms with Crippen LogP contribution in [0.2, 0.25) is 0 Å². The van der Waals surface area contributed by atoms with Gasteiger partial charge in [0.1, 0.15) is 5.76 Å². The van der Waals surface area contributed by atoms with E-state index in [0.717, 1.165) is 0 Å². The van der Waals surface area contributed by atoms with Gasteiger partial charge in [-0.3, -0.25) is 9.59 Å². The molecule has 2 amide bonds. The summed E-state index contributed by atoms with van der Waals surface area (Å²) in [5.41, 5.74) is 0.528. The minimum atomic E-state index is -3.71. The number of amides is 2. The first-order chi connectivity index (χ1) is 13.4. The lowest BCUT2D eigenvalue weighted by molar-refractivity contribution is -0.126. The number of nitrogens with zero attached hydrogens (tertiary/aromatic N) is 1. The van der Waals surface area contributed by atoms with Gasteiger partial charge in [0.05, 0.1) is 23.6 Å². The minimum Gasteiger partial charge on any atom is -0.467 e. The normalized spacial score (nSPS) is 17.8. The molecule has 0 radical (unpaired) electrons. The molecule has 0 bridgehead atoms. The molecule has 2 heterocycles. The summed E-state index contributed by atoms with van der Waals surface area (Å²) in [4.78, 5) is 23.7. The third-order valence-corrected chi connectivity index (χ3v) is 6.46. The predicted molar refractivity (Wildman–Crippen MR) is 103 cm³/mol. The standard InChI is InChI=1S/C19H23N3O5S/c1-14(23)21-16-6-8-18(9-7-16)28(25,26)22-10-2-4-15(13-22)19(24)20-12-17-5-3-11-27-17/h3,5-9,11,15H,2,4,10,12-13H2,1H3,(H,20,24)(H,21,23)/t15-/m0/s1. The van der Waals surface area contributed by atoms with Crippen LogP contribution in [0.15, 0.2) is 52.0 Å². The molecular formula is C19H23N3O5S. The van der Waals surface area contributed by atoms with Gasteiger partial charge in [0.2, 0.25) is 21.8 Å². The molecule has 1 fully saturated rings. The zero-order chi connectivity index (χ0) is 20.1. The largest absolute Gasteiger partial charge is 0.467 e. The maximum absolute atomic E-state index is 12.9. The fourth-order valence-electron chi connectivity index (χ4n) is 3.17. The number of anilines is 1.